The molecular weight excluding hydrogens is 451 g/mol. The van der Waals surface area contributed by atoms with Crippen LogP contribution in [0.4, 0.5) is 5.69 Å². The third-order valence-electron chi connectivity index (χ3n) is 4.58. The number of fused-ring (bicyclic) bond motifs is 1. The van der Waals surface area contributed by atoms with Crippen LogP contribution in [0.2, 0.25) is 0 Å². The quantitative estimate of drug-likeness (QED) is 0.288. The van der Waals surface area contributed by atoms with Gasteiger partial charge < -0.3 is 20.3 Å². The lowest BCUT2D eigenvalue weighted by atomic mass is 9.99. The fourth-order valence-corrected chi connectivity index (χ4v) is 3.21. The van der Waals surface area contributed by atoms with E-state index in [2.05, 4.69) is 45.8 Å². The Morgan fingerprint density at radius 3 is 2.74 bits per heavy atom. The number of aryl methyl sites for hydroxylation is 1. The maximum atomic E-state index is 5.69. The number of guanidine groups is 1. The minimum Gasteiger partial charge on any atom is -0.492 e. The van der Waals surface area contributed by atoms with Gasteiger partial charge in [-0.3, -0.25) is 4.99 Å². The van der Waals surface area contributed by atoms with Gasteiger partial charge in [0.2, 0.25) is 0 Å². The van der Waals surface area contributed by atoms with Gasteiger partial charge in [-0.1, -0.05) is 30.3 Å². The first-order chi connectivity index (χ1) is 12.8. The van der Waals surface area contributed by atoms with E-state index in [9.17, 15) is 0 Å². The van der Waals surface area contributed by atoms with E-state index >= 15 is 0 Å². The van der Waals surface area contributed by atoms with Crippen LogP contribution in [0, 0.1) is 0 Å². The van der Waals surface area contributed by atoms with E-state index in [0.717, 1.165) is 31.2 Å². The monoisotopic (exact) mass is 480 g/mol. The van der Waals surface area contributed by atoms with Gasteiger partial charge in [-0.05, 0) is 42.2 Å². The number of hydrogen-bond donors (Lipinski definition) is 2. The van der Waals surface area contributed by atoms with Crippen LogP contribution in [0.1, 0.15) is 17.5 Å². The Morgan fingerprint density at radius 2 is 1.96 bits per heavy atom. The number of aliphatic imine (C=N–C) groups is 1. The Hall–Kier alpha value is -1.96. The van der Waals surface area contributed by atoms with E-state index < -0.39 is 0 Å². The minimum absolute atomic E-state index is 0. The smallest absolute Gasteiger partial charge is 0.191 e. The van der Waals surface area contributed by atoms with Crippen molar-refractivity contribution >= 4 is 35.6 Å². The van der Waals surface area contributed by atoms with Crippen molar-refractivity contribution in [2.75, 3.05) is 38.7 Å². The lowest BCUT2D eigenvalue weighted by molar-refractivity contribution is 0.322. The highest BCUT2D eigenvalue weighted by molar-refractivity contribution is 14.0. The van der Waals surface area contributed by atoms with Crippen LogP contribution in [-0.4, -0.2) is 39.8 Å². The SMILES string of the molecule is CN=C(NCCOc1ccccc1)NCc1ccc2c(c1)CCCN2C.I. The zero-order valence-corrected chi connectivity index (χ0v) is 18.4. The van der Waals surface area contributed by atoms with E-state index in [-0.39, 0.29) is 24.0 Å². The van der Waals surface area contributed by atoms with Crippen LogP contribution in [0.5, 0.6) is 5.75 Å². The highest BCUT2D eigenvalue weighted by Gasteiger charge is 2.13. The Morgan fingerprint density at radius 1 is 1.15 bits per heavy atom. The molecule has 0 atom stereocenters. The summed E-state index contributed by atoms with van der Waals surface area (Å²) in [5, 5.41) is 6.66. The predicted octanol–water partition coefficient (Wildman–Crippen LogP) is 3.43. The van der Waals surface area contributed by atoms with E-state index in [1.54, 1.807) is 7.05 Å². The first kappa shape index (κ1) is 21.3. The summed E-state index contributed by atoms with van der Waals surface area (Å²) in [6.07, 6.45) is 2.39. The number of benzene rings is 2. The fraction of sp³-hybridized carbons (Fsp3) is 0.381. The largest absolute Gasteiger partial charge is 0.492 e. The van der Waals surface area contributed by atoms with Crippen LogP contribution in [0.25, 0.3) is 0 Å². The Kier molecular flexibility index (Phi) is 8.71. The molecule has 0 radical (unpaired) electrons. The van der Waals surface area contributed by atoms with Crippen molar-refractivity contribution in [1.82, 2.24) is 10.6 Å². The van der Waals surface area contributed by atoms with Gasteiger partial charge in [-0.2, -0.15) is 0 Å². The van der Waals surface area contributed by atoms with Gasteiger partial charge in [-0.25, -0.2) is 0 Å². The molecule has 0 aromatic heterocycles. The summed E-state index contributed by atoms with van der Waals surface area (Å²) in [5.41, 5.74) is 4.08. The topological polar surface area (TPSA) is 48.9 Å². The molecule has 3 rings (SSSR count). The summed E-state index contributed by atoms with van der Waals surface area (Å²) >= 11 is 0. The maximum Gasteiger partial charge on any atom is 0.191 e. The molecule has 0 fully saturated rings. The highest BCUT2D eigenvalue weighted by atomic mass is 127. The second-order valence-corrected chi connectivity index (χ2v) is 6.50. The van der Waals surface area contributed by atoms with Crippen molar-refractivity contribution in [1.29, 1.82) is 0 Å². The first-order valence-corrected chi connectivity index (χ1v) is 9.21. The normalized spacial score (nSPS) is 13.4. The van der Waals surface area contributed by atoms with E-state index in [1.807, 2.05) is 30.3 Å². The number of nitrogens with one attached hydrogen (secondary N) is 2. The Bertz CT molecular complexity index is 736. The zero-order chi connectivity index (χ0) is 18.2. The predicted molar refractivity (Wildman–Crippen MR) is 124 cm³/mol. The average Bonchev–Trinajstić information content (AvgIpc) is 2.68. The molecule has 1 aliphatic rings. The van der Waals surface area contributed by atoms with Gasteiger partial charge >= 0.3 is 0 Å². The number of hydrogen-bond acceptors (Lipinski definition) is 3. The summed E-state index contributed by atoms with van der Waals surface area (Å²) in [5.74, 6) is 1.67. The number of anilines is 1. The molecule has 0 spiro atoms. The molecule has 0 amide bonds. The Labute approximate surface area is 179 Å². The molecule has 5 nitrogen and oxygen atoms in total. The summed E-state index contributed by atoms with van der Waals surface area (Å²) in [7, 11) is 3.95. The number of ether oxygens (including phenoxy) is 1. The summed E-state index contributed by atoms with van der Waals surface area (Å²) in [6, 6.07) is 16.6. The molecule has 0 saturated heterocycles. The van der Waals surface area contributed by atoms with Gasteiger partial charge in [0.25, 0.3) is 0 Å². The lowest BCUT2D eigenvalue weighted by Gasteiger charge is -2.28. The molecule has 0 unspecified atom stereocenters. The van der Waals surface area contributed by atoms with E-state index in [4.69, 9.17) is 4.74 Å². The van der Waals surface area contributed by atoms with Crippen molar-refractivity contribution in [3.8, 4) is 5.75 Å². The number of para-hydroxylation sites is 1. The third kappa shape index (κ3) is 6.30. The Balaban J connectivity index is 0.00000261. The molecule has 0 bridgehead atoms. The second-order valence-electron chi connectivity index (χ2n) is 6.50. The van der Waals surface area contributed by atoms with Crippen molar-refractivity contribution < 1.29 is 4.74 Å². The van der Waals surface area contributed by atoms with Crippen molar-refractivity contribution in [3.63, 3.8) is 0 Å². The summed E-state index contributed by atoms with van der Waals surface area (Å²) < 4.78 is 5.69. The van der Waals surface area contributed by atoms with Crippen molar-refractivity contribution in [3.05, 3.63) is 59.7 Å². The molecule has 27 heavy (non-hydrogen) atoms. The first-order valence-electron chi connectivity index (χ1n) is 9.21. The van der Waals surface area contributed by atoms with Crippen LogP contribution in [0.15, 0.2) is 53.5 Å². The van der Waals surface area contributed by atoms with Gasteiger partial charge in [0.1, 0.15) is 12.4 Å². The van der Waals surface area contributed by atoms with Crippen LogP contribution in [0.3, 0.4) is 0 Å². The molecule has 2 N–H and O–H groups in total. The molecule has 6 heteroatoms. The van der Waals surface area contributed by atoms with Crippen LogP contribution >= 0.6 is 24.0 Å². The summed E-state index contributed by atoms with van der Waals surface area (Å²) in [4.78, 5) is 6.61. The van der Waals surface area contributed by atoms with Crippen LogP contribution in [-0.2, 0) is 13.0 Å². The highest BCUT2D eigenvalue weighted by Crippen LogP contribution is 2.26. The average molecular weight is 480 g/mol. The molecule has 1 heterocycles. The molecule has 0 saturated carbocycles. The van der Waals surface area contributed by atoms with Gasteiger partial charge in [0.05, 0.1) is 6.54 Å². The molecule has 2 aromatic rings. The van der Waals surface area contributed by atoms with Crippen molar-refractivity contribution in [2.45, 2.75) is 19.4 Å². The van der Waals surface area contributed by atoms with Gasteiger partial charge in [-0.15, -0.1) is 24.0 Å². The zero-order valence-electron chi connectivity index (χ0n) is 16.1. The molecular formula is C21H29IN4O. The van der Waals surface area contributed by atoms with Gasteiger partial charge in [0, 0.05) is 32.9 Å². The minimum atomic E-state index is 0. The van der Waals surface area contributed by atoms with E-state index in [1.165, 1.54) is 23.2 Å². The summed E-state index contributed by atoms with van der Waals surface area (Å²) in [6.45, 7) is 3.20. The fourth-order valence-electron chi connectivity index (χ4n) is 3.21. The molecule has 1 aliphatic heterocycles. The molecule has 146 valence electrons. The number of nitrogens with zero attached hydrogens (tertiary/aromatic N) is 2. The standard InChI is InChI=1S/C21H28N4O.HI/c1-22-21(23-12-14-26-19-8-4-3-5-9-19)24-16-17-10-11-20-18(15-17)7-6-13-25(20)2;/h3-5,8-11,15H,6-7,12-14,16H2,1-2H3,(H2,22,23,24);1H. The molecule has 0 aliphatic carbocycles. The maximum absolute atomic E-state index is 5.69. The number of halogens is 1. The lowest BCUT2D eigenvalue weighted by Crippen LogP contribution is -2.38. The van der Waals surface area contributed by atoms with Crippen molar-refractivity contribution in [2.24, 2.45) is 4.99 Å². The van der Waals surface area contributed by atoms with E-state index in [0.29, 0.717) is 13.2 Å². The van der Waals surface area contributed by atoms with Crippen LogP contribution < -0.4 is 20.3 Å². The number of rotatable bonds is 6. The second kappa shape index (κ2) is 11.0. The van der Waals surface area contributed by atoms with Gasteiger partial charge in [0.15, 0.2) is 5.96 Å². The molecule has 2 aromatic carbocycles. The third-order valence-corrected chi connectivity index (χ3v) is 4.58.